The van der Waals surface area contributed by atoms with Gasteiger partial charge >= 0.3 is 11.8 Å². The van der Waals surface area contributed by atoms with Crippen molar-refractivity contribution in [2.45, 2.75) is 17.4 Å². The number of hydrogen-bond acceptors (Lipinski definition) is 7. The van der Waals surface area contributed by atoms with Crippen molar-refractivity contribution >= 4 is 27.5 Å². The van der Waals surface area contributed by atoms with Crippen LogP contribution in [0.5, 0.6) is 5.75 Å². The van der Waals surface area contributed by atoms with Crippen LogP contribution in [0.25, 0.3) is 0 Å². The molecule has 2 aromatic carbocycles. The van der Waals surface area contributed by atoms with Gasteiger partial charge in [-0.1, -0.05) is 0 Å². The average molecular weight is 464 g/mol. The lowest BCUT2D eigenvalue weighted by atomic mass is 10.1. The fourth-order valence-corrected chi connectivity index (χ4v) is 4.75. The van der Waals surface area contributed by atoms with Gasteiger partial charge < -0.3 is 14.3 Å². The molecule has 0 saturated heterocycles. The Bertz CT molecular complexity index is 1330. The quantitative estimate of drug-likeness (QED) is 0.582. The van der Waals surface area contributed by atoms with Crippen LogP contribution in [0.1, 0.15) is 5.89 Å². The molecule has 1 amide bonds. The van der Waals surface area contributed by atoms with Gasteiger partial charge in [-0.05, 0) is 42.5 Å². The van der Waals surface area contributed by atoms with Crippen LogP contribution < -0.4 is 20.1 Å². The Morgan fingerprint density at radius 1 is 1.28 bits per heavy atom. The minimum atomic E-state index is -4.17. The lowest BCUT2D eigenvalue weighted by Crippen LogP contribution is -2.44. The second kappa shape index (κ2) is 8.00. The minimum absolute atomic E-state index is 0.0000845. The van der Waals surface area contributed by atoms with E-state index in [1.807, 2.05) is 0 Å². The number of amides is 1. The number of aryl methyl sites for hydroxylation is 1. The topological polar surface area (TPSA) is 144 Å². The number of rotatable bonds is 5. The molecule has 1 aliphatic heterocycles. The Kier molecular flexibility index (Phi) is 5.34. The van der Waals surface area contributed by atoms with E-state index >= 15 is 0 Å². The molecule has 0 aliphatic carbocycles. The predicted octanol–water partition coefficient (Wildman–Crippen LogP) is 1.80. The Hall–Kier alpha value is -3.87. The van der Waals surface area contributed by atoms with Gasteiger partial charge in [-0.3, -0.25) is 9.62 Å². The highest BCUT2D eigenvalue weighted by Crippen LogP contribution is 2.39. The maximum Gasteiger partial charge on any atom is 0.436 e. The van der Waals surface area contributed by atoms with Gasteiger partial charge in [0.15, 0.2) is 0 Å². The summed E-state index contributed by atoms with van der Waals surface area (Å²) in [5.74, 6) is -1.03. The molecule has 1 unspecified atom stereocenters. The molecule has 168 valence electrons. The normalized spacial score (nSPS) is 15.7. The third-order valence-corrected chi connectivity index (χ3v) is 6.47. The molecular weight excluding hydrogens is 447 g/mol. The van der Waals surface area contributed by atoms with Crippen molar-refractivity contribution in [2.24, 2.45) is 7.05 Å². The van der Waals surface area contributed by atoms with Crippen LogP contribution in [0, 0.1) is 5.82 Å². The maximum absolute atomic E-state index is 13.4. The summed E-state index contributed by atoms with van der Waals surface area (Å²) in [6.45, 7) is -0.191. The SMILES string of the molecule is Cn1nc(CC2CN(S(=O)(=O)c3ccc(F)cc3)c3cc(NC(=O)O)ccc3O2)oc1=O. The van der Waals surface area contributed by atoms with Crippen molar-refractivity contribution in [3.05, 3.63) is 64.7 Å². The van der Waals surface area contributed by atoms with E-state index in [1.165, 1.54) is 25.2 Å². The van der Waals surface area contributed by atoms with Gasteiger partial charge in [0.25, 0.3) is 10.0 Å². The summed E-state index contributed by atoms with van der Waals surface area (Å²) >= 11 is 0. The molecule has 4 rings (SSSR count). The van der Waals surface area contributed by atoms with Gasteiger partial charge in [0, 0.05) is 12.7 Å². The number of benzene rings is 2. The summed E-state index contributed by atoms with van der Waals surface area (Å²) in [7, 11) is -2.76. The highest BCUT2D eigenvalue weighted by atomic mass is 32.2. The first-order valence-corrected chi connectivity index (χ1v) is 10.7. The fourth-order valence-electron chi connectivity index (χ4n) is 3.25. The van der Waals surface area contributed by atoms with Gasteiger partial charge in [-0.25, -0.2) is 22.4 Å². The first kappa shape index (κ1) is 21.4. The monoisotopic (exact) mass is 464 g/mol. The van der Waals surface area contributed by atoms with Crippen LogP contribution in [0.4, 0.5) is 20.6 Å². The van der Waals surface area contributed by atoms with Crippen molar-refractivity contribution in [3.8, 4) is 5.75 Å². The number of halogens is 1. The first-order valence-electron chi connectivity index (χ1n) is 9.25. The van der Waals surface area contributed by atoms with Gasteiger partial charge in [0.05, 0.1) is 23.5 Å². The van der Waals surface area contributed by atoms with E-state index in [1.54, 1.807) is 0 Å². The number of hydrogen-bond donors (Lipinski definition) is 2. The zero-order valence-electron chi connectivity index (χ0n) is 16.6. The average Bonchev–Trinajstić information content (AvgIpc) is 3.04. The Morgan fingerprint density at radius 2 is 2.00 bits per heavy atom. The fraction of sp³-hybridized carbons (Fsp3) is 0.211. The molecule has 0 spiro atoms. The van der Waals surface area contributed by atoms with Gasteiger partial charge in [-0.2, -0.15) is 4.68 Å². The molecule has 0 saturated carbocycles. The van der Waals surface area contributed by atoms with Crippen molar-refractivity contribution in [3.63, 3.8) is 0 Å². The third-order valence-electron chi connectivity index (χ3n) is 4.68. The summed E-state index contributed by atoms with van der Waals surface area (Å²) in [5, 5.41) is 15.1. The van der Waals surface area contributed by atoms with Crippen LogP contribution >= 0.6 is 0 Å². The number of carboxylic acid groups (broad SMARTS) is 1. The van der Waals surface area contributed by atoms with E-state index in [2.05, 4.69) is 10.4 Å². The molecule has 1 aromatic heterocycles. The molecule has 3 aromatic rings. The number of ether oxygens (including phenoxy) is 1. The van der Waals surface area contributed by atoms with E-state index in [9.17, 15) is 22.4 Å². The third kappa shape index (κ3) is 4.14. The molecule has 1 aliphatic rings. The van der Waals surface area contributed by atoms with Crippen molar-refractivity contribution in [1.82, 2.24) is 9.78 Å². The van der Waals surface area contributed by atoms with E-state index in [0.717, 1.165) is 33.3 Å². The maximum atomic E-state index is 13.4. The summed E-state index contributed by atoms with van der Waals surface area (Å²) in [4.78, 5) is 22.4. The van der Waals surface area contributed by atoms with E-state index in [-0.39, 0.29) is 40.9 Å². The summed E-state index contributed by atoms with van der Waals surface area (Å²) < 4.78 is 53.0. The molecule has 11 nitrogen and oxygen atoms in total. The zero-order chi connectivity index (χ0) is 23.0. The van der Waals surface area contributed by atoms with E-state index in [4.69, 9.17) is 14.3 Å². The Morgan fingerprint density at radius 3 is 2.62 bits per heavy atom. The number of aromatic nitrogens is 2. The smallest absolute Gasteiger partial charge is 0.436 e. The summed E-state index contributed by atoms with van der Waals surface area (Å²) in [5.41, 5.74) is 0.229. The number of nitrogens with one attached hydrogen (secondary N) is 1. The second-order valence-electron chi connectivity index (χ2n) is 6.93. The number of anilines is 2. The first-order chi connectivity index (χ1) is 15.1. The van der Waals surface area contributed by atoms with Crippen molar-refractivity contribution in [2.75, 3.05) is 16.2 Å². The number of sulfonamides is 1. The molecule has 1 atom stereocenters. The summed E-state index contributed by atoms with van der Waals surface area (Å²) in [6.07, 6.45) is -2.09. The highest BCUT2D eigenvalue weighted by molar-refractivity contribution is 7.92. The Balaban J connectivity index is 1.75. The molecule has 2 N–H and O–H groups in total. The van der Waals surface area contributed by atoms with Crippen LogP contribution in [-0.2, 0) is 23.5 Å². The van der Waals surface area contributed by atoms with Crippen LogP contribution in [0.2, 0.25) is 0 Å². The highest BCUT2D eigenvalue weighted by Gasteiger charge is 2.35. The molecular formula is C19H17FN4O7S. The van der Waals surface area contributed by atoms with Crippen molar-refractivity contribution < 1.29 is 31.9 Å². The molecule has 13 heteroatoms. The van der Waals surface area contributed by atoms with Crippen LogP contribution in [0.15, 0.2) is 56.6 Å². The van der Waals surface area contributed by atoms with Gasteiger partial charge in [-0.15, -0.1) is 5.10 Å². The van der Waals surface area contributed by atoms with Gasteiger partial charge in [0.1, 0.15) is 17.7 Å². The zero-order valence-corrected chi connectivity index (χ0v) is 17.4. The lowest BCUT2D eigenvalue weighted by Gasteiger charge is -2.35. The van der Waals surface area contributed by atoms with Crippen LogP contribution in [0.3, 0.4) is 0 Å². The molecule has 0 bridgehead atoms. The second-order valence-corrected chi connectivity index (χ2v) is 8.79. The van der Waals surface area contributed by atoms with E-state index in [0.29, 0.717) is 0 Å². The number of carbonyl (C=O) groups is 1. The van der Waals surface area contributed by atoms with Crippen LogP contribution in [-0.4, -0.2) is 42.0 Å². The molecule has 0 radical (unpaired) electrons. The largest absolute Gasteiger partial charge is 0.486 e. The standard InChI is InChI=1S/C19H17FN4O7S/c1-23-19(27)31-17(22-23)9-13-10-24(32(28,29)14-5-2-11(20)3-6-14)15-8-12(21-18(25)26)4-7-16(15)30-13/h2-8,13,21H,9-10H2,1H3,(H,25,26). The minimum Gasteiger partial charge on any atom is -0.486 e. The molecule has 32 heavy (non-hydrogen) atoms. The van der Waals surface area contributed by atoms with E-state index < -0.39 is 33.8 Å². The predicted molar refractivity (Wildman–Crippen MR) is 109 cm³/mol. The number of fused-ring (bicyclic) bond motifs is 1. The van der Waals surface area contributed by atoms with Crippen molar-refractivity contribution in [1.29, 1.82) is 0 Å². The molecule has 0 fully saturated rings. The van der Waals surface area contributed by atoms with Gasteiger partial charge in [0.2, 0.25) is 5.89 Å². The summed E-state index contributed by atoms with van der Waals surface area (Å²) in [6, 6.07) is 8.47. The lowest BCUT2D eigenvalue weighted by molar-refractivity contribution is 0.189. The number of nitrogens with zero attached hydrogens (tertiary/aromatic N) is 3. The Labute approximate surface area is 180 Å². The molecule has 2 heterocycles.